The summed E-state index contributed by atoms with van der Waals surface area (Å²) < 4.78 is 0. The Labute approximate surface area is 375 Å². The molecule has 0 N–H and O–H groups in total. The number of hydrogen-bond donors (Lipinski definition) is 0. The zero-order valence-corrected chi connectivity index (χ0v) is 35.3. The fourth-order valence-electron chi connectivity index (χ4n) is 10.2. The van der Waals surface area contributed by atoms with Gasteiger partial charge in [0.25, 0.3) is 0 Å². The number of hydrogen-bond acceptors (Lipinski definition) is 5. The first kappa shape index (κ1) is 36.6. The largest absolute Gasteiger partial charge is 0.255 e. The lowest BCUT2D eigenvalue weighted by Crippen LogP contribution is -2.32. The number of pyridine rings is 4. The first-order chi connectivity index (χ1) is 31.7. The molecule has 0 radical (unpaired) electrons. The predicted molar refractivity (Wildman–Crippen MR) is 261 cm³/mol. The molecule has 64 heavy (non-hydrogen) atoms. The Balaban J connectivity index is 0.915. The average molecular weight is 833 g/mol. The average Bonchev–Trinajstić information content (AvgIpc) is 3.66. The Morgan fingerprint density at radius 3 is 1.48 bits per heavy atom. The third-order valence-corrected chi connectivity index (χ3v) is 14.2. The molecule has 13 rings (SSSR count). The van der Waals surface area contributed by atoms with E-state index in [0.29, 0.717) is 0 Å². The van der Waals surface area contributed by atoms with E-state index in [2.05, 4.69) is 180 Å². The van der Waals surface area contributed by atoms with Gasteiger partial charge in [-0.15, -0.1) is 0 Å². The molecule has 298 valence electrons. The van der Waals surface area contributed by atoms with Crippen LogP contribution in [0.25, 0.3) is 89.1 Å². The molecule has 0 saturated carbocycles. The summed E-state index contributed by atoms with van der Waals surface area (Å²) in [5, 5.41) is 3.53. The van der Waals surface area contributed by atoms with Gasteiger partial charge < -0.3 is 0 Å². The summed E-state index contributed by atoms with van der Waals surface area (Å²) in [5.41, 5.74) is 18.3. The van der Waals surface area contributed by atoms with Crippen molar-refractivity contribution in [2.24, 2.45) is 0 Å². The molecule has 1 aliphatic heterocycles. The fraction of sp³-hybridized carbons (Fsp3) is 0.0169. The zero-order valence-electron chi connectivity index (χ0n) is 34.5. The van der Waals surface area contributed by atoms with E-state index in [4.69, 9.17) is 9.97 Å². The van der Waals surface area contributed by atoms with Gasteiger partial charge in [0.2, 0.25) is 0 Å². The summed E-state index contributed by atoms with van der Waals surface area (Å²) in [6, 6.07) is 74.3. The number of nitrogens with zero attached hydrogens (tertiary/aromatic N) is 4. The third kappa shape index (κ3) is 5.64. The molecule has 0 amide bonds. The van der Waals surface area contributed by atoms with E-state index in [-0.39, 0.29) is 0 Å². The minimum atomic E-state index is -0.444. The maximum atomic E-state index is 5.41. The Kier molecular flexibility index (Phi) is 8.33. The van der Waals surface area contributed by atoms with Crippen LogP contribution in [0.2, 0.25) is 0 Å². The number of rotatable bonds is 5. The minimum absolute atomic E-state index is 0.444. The van der Waals surface area contributed by atoms with Crippen molar-refractivity contribution in [2.75, 3.05) is 0 Å². The molecule has 7 aromatic carbocycles. The first-order valence-corrected chi connectivity index (χ1v) is 22.4. The highest BCUT2D eigenvalue weighted by atomic mass is 32.2. The SMILES string of the molecule is c1ccc(-c2cc(-c3ccc(-c4ccc(-c5nc6ccccc6c6cc7c(cc56)Sc5ccccc5C75c6ccccc6-c6ccccc65)cc4)cc3)cc(-c3ccccn3)n2)nc1. The molecular formula is C59H36N4S. The second-order valence-electron chi connectivity index (χ2n) is 16.5. The van der Waals surface area contributed by atoms with Crippen LogP contribution in [-0.2, 0) is 5.41 Å². The molecule has 11 aromatic rings. The van der Waals surface area contributed by atoms with Crippen LogP contribution in [-0.4, -0.2) is 19.9 Å². The van der Waals surface area contributed by atoms with Crippen molar-refractivity contribution in [3.05, 3.63) is 241 Å². The lowest BCUT2D eigenvalue weighted by molar-refractivity contribution is 0.724. The van der Waals surface area contributed by atoms with Crippen LogP contribution in [0, 0.1) is 0 Å². The normalized spacial score (nSPS) is 13.1. The lowest BCUT2D eigenvalue weighted by atomic mass is 9.67. The van der Waals surface area contributed by atoms with E-state index < -0.39 is 5.41 Å². The van der Waals surface area contributed by atoms with Gasteiger partial charge in [0.15, 0.2) is 0 Å². The molecule has 0 atom stereocenters. The van der Waals surface area contributed by atoms with Crippen molar-refractivity contribution in [3.63, 3.8) is 0 Å². The highest BCUT2D eigenvalue weighted by molar-refractivity contribution is 7.99. The van der Waals surface area contributed by atoms with Crippen molar-refractivity contribution in [2.45, 2.75) is 15.2 Å². The monoisotopic (exact) mass is 832 g/mol. The van der Waals surface area contributed by atoms with E-state index in [1.54, 1.807) is 12.4 Å². The zero-order chi connectivity index (χ0) is 42.2. The molecule has 0 saturated heterocycles. The van der Waals surface area contributed by atoms with Gasteiger partial charge in [-0.2, -0.15) is 0 Å². The summed E-state index contributed by atoms with van der Waals surface area (Å²) in [6.45, 7) is 0. The standard InChI is InChI=1S/C59H36N4S/c1-4-16-47-42(13-1)43-14-2-5-17-48(43)59(47)49-18-6-8-22-56(49)64-57-36-46-45(35-50(57)59)44-15-3-7-19-51(44)63-58(46)40-29-27-38(28-30-40)37-23-25-39(26-24-37)41-33-54(52-20-9-11-31-60-52)62-55(34-41)53-21-10-12-32-61-53/h1-36H. The lowest BCUT2D eigenvalue weighted by Gasteiger charge is -2.40. The maximum Gasteiger partial charge on any atom is 0.0900 e. The Hall–Kier alpha value is -7.99. The number of benzene rings is 7. The Bertz CT molecular complexity index is 3520. The van der Waals surface area contributed by atoms with Gasteiger partial charge in [-0.3, -0.25) is 9.97 Å². The third-order valence-electron chi connectivity index (χ3n) is 13.1. The van der Waals surface area contributed by atoms with E-state index in [1.165, 1.54) is 48.6 Å². The topological polar surface area (TPSA) is 51.6 Å². The molecule has 2 aliphatic rings. The summed E-state index contributed by atoms with van der Waals surface area (Å²) in [7, 11) is 0. The number of aromatic nitrogens is 4. The molecule has 4 nitrogen and oxygen atoms in total. The maximum absolute atomic E-state index is 5.41. The van der Waals surface area contributed by atoms with Gasteiger partial charge >= 0.3 is 0 Å². The van der Waals surface area contributed by atoms with Crippen LogP contribution < -0.4 is 0 Å². The number of fused-ring (bicyclic) bond motifs is 12. The van der Waals surface area contributed by atoms with Crippen LogP contribution in [0.1, 0.15) is 22.3 Å². The van der Waals surface area contributed by atoms with Crippen LogP contribution >= 0.6 is 11.8 Å². The van der Waals surface area contributed by atoms with Crippen LogP contribution in [0.3, 0.4) is 0 Å². The van der Waals surface area contributed by atoms with E-state index in [0.717, 1.165) is 72.6 Å². The molecular weight excluding hydrogens is 797 g/mol. The summed E-state index contributed by atoms with van der Waals surface area (Å²) in [4.78, 5) is 22.1. The smallest absolute Gasteiger partial charge is 0.0900 e. The number of para-hydroxylation sites is 1. The Morgan fingerprint density at radius 2 is 0.859 bits per heavy atom. The van der Waals surface area contributed by atoms with Gasteiger partial charge in [0, 0.05) is 38.5 Å². The molecule has 4 aromatic heterocycles. The van der Waals surface area contributed by atoms with Gasteiger partial charge in [-0.25, -0.2) is 9.97 Å². The molecule has 1 spiro atoms. The highest BCUT2D eigenvalue weighted by Gasteiger charge is 2.50. The molecule has 0 fully saturated rings. The van der Waals surface area contributed by atoms with Gasteiger partial charge in [-0.05, 0) is 122 Å². The van der Waals surface area contributed by atoms with E-state index >= 15 is 0 Å². The molecule has 0 bridgehead atoms. The highest BCUT2D eigenvalue weighted by Crippen LogP contribution is 2.62. The molecule has 0 unspecified atom stereocenters. The van der Waals surface area contributed by atoms with Gasteiger partial charge in [0.05, 0.1) is 39.4 Å². The van der Waals surface area contributed by atoms with Crippen molar-refractivity contribution in [3.8, 4) is 67.4 Å². The quantitative estimate of drug-likeness (QED) is 0.162. The first-order valence-electron chi connectivity index (χ1n) is 21.6. The van der Waals surface area contributed by atoms with Gasteiger partial charge in [-0.1, -0.05) is 157 Å². The minimum Gasteiger partial charge on any atom is -0.255 e. The second-order valence-corrected chi connectivity index (χ2v) is 17.6. The summed E-state index contributed by atoms with van der Waals surface area (Å²) >= 11 is 1.88. The van der Waals surface area contributed by atoms with E-state index in [9.17, 15) is 0 Å². The van der Waals surface area contributed by atoms with Crippen LogP contribution in [0.15, 0.2) is 228 Å². The predicted octanol–water partition coefficient (Wildman–Crippen LogP) is 14.7. The van der Waals surface area contributed by atoms with E-state index in [1.807, 2.05) is 48.2 Å². The van der Waals surface area contributed by atoms with Crippen molar-refractivity contribution < 1.29 is 0 Å². The summed E-state index contributed by atoms with van der Waals surface area (Å²) in [5.74, 6) is 0. The molecule has 5 heteroatoms. The van der Waals surface area contributed by atoms with Crippen molar-refractivity contribution in [1.82, 2.24) is 19.9 Å². The van der Waals surface area contributed by atoms with Crippen LogP contribution in [0.4, 0.5) is 0 Å². The molecule has 5 heterocycles. The van der Waals surface area contributed by atoms with Crippen molar-refractivity contribution in [1.29, 1.82) is 0 Å². The second kappa shape index (κ2) is 14.6. The Morgan fingerprint density at radius 1 is 0.328 bits per heavy atom. The fourth-order valence-corrected chi connectivity index (χ4v) is 11.4. The van der Waals surface area contributed by atoms with Gasteiger partial charge in [0.1, 0.15) is 0 Å². The van der Waals surface area contributed by atoms with Crippen molar-refractivity contribution >= 4 is 33.4 Å². The van der Waals surface area contributed by atoms with Crippen LogP contribution in [0.5, 0.6) is 0 Å². The molecule has 1 aliphatic carbocycles. The summed E-state index contributed by atoms with van der Waals surface area (Å²) in [6.07, 6.45) is 3.61.